The molecule has 0 aliphatic carbocycles. The van der Waals surface area contributed by atoms with Crippen LogP contribution in [-0.4, -0.2) is 44.8 Å². The molecule has 2 heterocycles. The molecule has 3 rings (SSSR count). The number of carbonyl (C=O) groups is 2. The van der Waals surface area contributed by atoms with E-state index >= 15 is 0 Å². The van der Waals surface area contributed by atoms with Gasteiger partial charge in [0.2, 0.25) is 0 Å². The molecular weight excluding hydrogens is 463 g/mol. The van der Waals surface area contributed by atoms with E-state index in [-0.39, 0.29) is 24.9 Å². The number of rotatable bonds is 7. The van der Waals surface area contributed by atoms with Gasteiger partial charge in [0.25, 0.3) is 5.91 Å². The minimum atomic E-state index is -0.492. The second kappa shape index (κ2) is 8.75. The number of hydrogen-bond acceptors (Lipinski definition) is 6. The van der Waals surface area contributed by atoms with Crippen LogP contribution in [0.2, 0.25) is 0 Å². The molecule has 0 saturated heterocycles. The first kappa shape index (κ1) is 19.0. The molecule has 0 aliphatic heterocycles. The second-order valence-corrected chi connectivity index (χ2v) is 7.00. The maximum absolute atomic E-state index is 12.0. The van der Waals surface area contributed by atoms with Gasteiger partial charge in [-0.15, -0.1) is 0 Å². The highest BCUT2D eigenvalue weighted by Crippen LogP contribution is 2.05. The summed E-state index contributed by atoms with van der Waals surface area (Å²) in [6.45, 7) is 2.76. The summed E-state index contributed by atoms with van der Waals surface area (Å²) in [5.74, 6) is -0.459. The Balaban J connectivity index is 1.43. The predicted octanol–water partition coefficient (Wildman–Crippen LogP) is 1.39. The van der Waals surface area contributed by atoms with Crippen molar-refractivity contribution in [2.75, 3.05) is 13.1 Å². The molecule has 27 heavy (non-hydrogen) atoms. The number of carbonyl (C=O) groups excluding carboxylic acids is 2. The fourth-order valence-corrected chi connectivity index (χ4v) is 2.74. The number of amides is 2. The third-order valence-electron chi connectivity index (χ3n) is 3.54. The first-order valence-corrected chi connectivity index (χ1v) is 9.23. The fourth-order valence-electron chi connectivity index (χ4n) is 2.30. The summed E-state index contributed by atoms with van der Waals surface area (Å²) in [6.07, 6.45) is 3.53. The summed E-state index contributed by atoms with van der Waals surface area (Å²) >= 11 is 2.15. The molecule has 3 aromatic rings. The van der Waals surface area contributed by atoms with Crippen molar-refractivity contribution in [3.63, 3.8) is 0 Å². The molecule has 1 aromatic carbocycles. The summed E-state index contributed by atoms with van der Waals surface area (Å²) in [5, 5.41) is 13.3. The lowest BCUT2D eigenvalue weighted by molar-refractivity contribution is 0.0898. The SMILES string of the molecule is Cc1cccc(C(=O)NCCNC(=O)c2nc(Cn3cc(I)cn3)no2)c1. The number of halogens is 1. The van der Waals surface area contributed by atoms with E-state index in [9.17, 15) is 9.59 Å². The first-order valence-electron chi connectivity index (χ1n) is 8.15. The van der Waals surface area contributed by atoms with Crippen LogP contribution in [0.15, 0.2) is 41.2 Å². The normalized spacial score (nSPS) is 10.6. The van der Waals surface area contributed by atoms with E-state index in [4.69, 9.17) is 4.52 Å². The smallest absolute Gasteiger partial charge is 0.316 e. The van der Waals surface area contributed by atoms with Crippen molar-refractivity contribution >= 4 is 34.4 Å². The quantitative estimate of drug-likeness (QED) is 0.390. The average molecular weight is 480 g/mol. The van der Waals surface area contributed by atoms with Crippen molar-refractivity contribution in [3.05, 3.63) is 63.1 Å². The largest absolute Gasteiger partial charge is 0.350 e. The molecule has 9 nitrogen and oxygen atoms in total. The topological polar surface area (TPSA) is 115 Å². The summed E-state index contributed by atoms with van der Waals surface area (Å²) in [6, 6.07) is 7.28. The van der Waals surface area contributed by atoms with Crippen molar-refractivity contribution in [2.45, 2.75) is 13.5 Å². The van der Waals surface area contributed by atoms with Crippen LogP contribution in [0.1, 0.15) is 32.4 Å². The summed E-state index contributed by atoms with van der Waals surface area (Å²) in [5.41, 5.74) is 1.59. The van der Waals surface area contributed by atoms with Crippen molar-refractivity contribution in [1.29, 1.82) is 0 Å². The van der Waals surface area contributed by atoms with Gasteiger partial charge in [-0.2, -0.15) is 10.1 Å². The number of aryl methyl sites for hydroxylation is 1. The average Bonchev–Trinajstić information content (AvgIpc) is 3.28. The van der Waals surface area contributed by atoms with Gasteiger partial charge in [-0.1, -0.05) is 22.9 Å². The molecule has 0 radical (unpaired) electrons. The zero-order chi connectivity index (χ0) is 19.2. The van der Waals surface area contributed by atoms with Gasteiger partial charge in [0.1, 0.15) is 6.54 Å². The molecule has 0 atom stereocenters. The van der Waals surface area contributed by atoms with E-state index in [1.807, 2.05) is 25.3 Å². The van der Waals surface area contributed by atoms with Gasteiger partial charge in [-0.25, -0.2) is 0 Å². The Kier molecular flexibility index (Phi) is 6.16. The zero-order valence-electron chi connectivity index (χ0n) is 14.5. The molecular formula is C17H17IN6O3. The molecule has 2 aromatic heterocycles. The molecule has 2 N–H and O–H groups in total. The molecule has 10 heteroatoms. The van der Waals surface area contributed by atoms with Gasteiger partial charge in [-0.05, 0) is 41.6 Å². The van der Waals surface area contributed by atoms with E-state index in [0.29, 0.717) is 17.9 Å². The van der Waals surface area contributed by atoms with E-state index in [0.717, 1.165) is 9.13 Å². The van der Waals surface area contributed by atoms with Crippen molar-refractivity contribution in [3.8, 4) is 0 Å². The van der Waals surface area contributed by atoms with Gasteiger partial charge in [0.05, 0.1) is 9.77 Å². The second-order valence-electron chi connectivity index (χ2n) is 5.75. The number of nitrogens with one attached hydrogen (secondary N) is 2. The molecule has 0 unspecified atom stereocenters. The molecule has 0 spiro atoms. The Morgan fingerprint density at radius 3 is 2.70 bits per heavy atom. The highest BCUT2D eigenvalue weighted by Gasteiger charge is 2.15. The monoisotopic (exact) mass is 480 g/mol. The Labute approximate surface area is 168 Å². The summed E-state index contributed by atoms with van der Waals surface area (Å²) in [4.78, 5) is 28.1. The van der Waals surface area contributed by atoms with Crippen molar-refractivity contribution in [2.24, 2.45) is 0 Å². The van der Waals surface area contributed by atoms with Crippen LogP contribution in [0, 0.1) is 10.5 Å². The lowest BCUT2D eigenvalue weighted by atomic mass is 10.1. The van der Waals surface area contributed by atoms with Gasteiger partial charge in [0.15, 0.2) is 5.82 Å². The maximum Gasteiger partial charge on any atom is 0.316 e. The van der Waals surface area contributed by atoms with Crippen LogP contribution in [0.3, 0.4) is 0 Å². The molecule has 0 aliphatic rings. The predicted molar refractivity (Wildman–Crippen MR) is 104 cm³/mol. The number of aromatic nitrogens is 4. The van der Waals surface area contributed by atoms with Crippen molar-refractivity contribution in [1.82, 2.24) is 30.6 Å². The number of hydrogen-bond donors (Lipinski definition) is 2. The summed E-state index contributed by atoms with van der Waals surface area (Å²) in [7, 11) is 0. The van der Waals surface area contributed by atoms with E-state index in [1.165, 1.54) is 0 Å². The lowest BCUT2D eigenvalue weighted by Gasteiger charge is -2.06. The maximum atomic E-state index is 12.0. The third kappa shape index (κ3) is 5.36. The summed E-state index contributed by atoms with van der Waals surface area (Å²) < 4.78 is 7.60. The van der Waals surface area contributed by atoms with Crippen molar-refractivity contribution < 1.29 is 14.1 Å². The van der Waals surface area contributed by atoms with E-state index in [2.05, 4.69) is 48.5 Å². The molecule has 2 amide bonds. The van der Waals surface area contributed by atoms with Crippen LogP contribution >= 0.6 is 22.6 Å². The Morgan fingerprint density at radius 2 is 2.00 bits per heavy atom. The van der Waals surface area contributed by atoms with Gasteiger partial charge < -0.3 is 15.2 Å². The Morgan fingerprint density at radius 1 is 1.22 bits per heavy atom. The zero-order valence-corrected chi connectivity index (χ0v) is 16.6. The van der Waals surface area contributed by atoms with Crippen LogP contribution in [0.5, 0.6) is 0 Å². The molecule has 0 saturated carbocycles. The molecule has 0 bridgehead atoms. The first-order chi connectivity index (χ1) is 13.0. The number of benzene rings is 1. The van der Waals surface area contributed by atoms with Gasteiger partial charge in [0, 0.05) is 24.8 Å². The molecule has 140 valence electrons. The van der Waals surface area contributed by atoms with E-state index < -0.39 is 5.91 Å². The fraction of sp³-hybridized carbons (Fsp3) is 0.235. The van der Waals surface area contributed by atoms with Crippen LogP contribution < -0.4 is 10.6 Å². The molecule has 0 fully saturated rings. The van der Waals surface area contributed by atoms with E-state index in [1.54, 1.807) is 23.0 Å². The minimum absolute atomic E-state index is 0.128. The number of nitrogens with zero attached hydrogens (tertiary/aromatic N) is 4. The third-order valence-corrected chi connectivity index (χ3v) is 4.10. The van der Waals surface area contributed by atoms with Crippen LogP contribution in [-0.2, 0) is 6.54 Å². The van der Waals surface area contributed by atoms with Crippen LogP contribution in [0.4, 0.5) is 0 Å². The lowest BCUT2D eigenvalue weighted by Crippen LogP contribution is -2.34. The Hall–Kier alpha value is -2.76. The van der Waals surface area contributed by atoms with Gasteiger partial charge >= 0.3 is 11.8 Å². The Bertz CT molecular complexity index is 952. The van der Waals surface area contributed by atoms with Crippen LogP contribution in [0.25, 0.3) is 0 Å². The van der Waals surface area contributed by atoms with Gasteiger partial charge in [-0.3, -0.25) is 14.3 Å². The highest BCUT2D eigenvalue weighted by molar-refractivity contribution is 14.1. The minimum Gasteiger partial charge on any atom is -0.350 e. The standard InChI is InChI=1S/C17H17IN6O3/c1-11-3-2-4-12(7-11)15(25)19-5-6-20-16(26)17-22-14(23-27-17)10-24-9-13(18)8-21-24/h2-4,7-9H,5-6,10H2,1H3,(H,19,25)(H,20,26). The highest BCUT2D eigenvalue weighted by atomic mass is 127.